The fourth-order valence-electron chi connectivity index (χ4n) is 4.79. The topological polar surface area (TPSA) is 51.7 Å². The summed E-state index contributed by atoms with van der Waals surface area (Å²) in [6.45, 7) is 8.97. The number of alkyl halides is 3. The zero-order valence-electron chi connectivity index (χ0n) is 23.0. The van der Waals surface area contributed by atoms with Gasteiger partial charge in [-0.2, -0.15) is 13.2 Å². The zero-order valence-corrected chi connectivity index (χ0v) is 23.0. The summed E-state index contributed by atoms with van der Waals surface area (Å²) in [7, 11) is 0. The molecule has 1 fully saturated rings. The van der Waals surface area contributed by atoms with Crippen molar-refractivity contribution in [3.8, 4) is 23.5 Å². The summed E-state index contributed by atoms with van der Waals surface area (Å²) in [5, 5.41) is 0. The number of ketones is 1. The van der Waals surface area contributed by atoms with Crippen LogP contribution in [0.25, 0.3) is 11.1 Å². The number of morpholine rings is 1. The van der Waals surface area contributed by atoms with Gasteiger partial charge in [0.1, 0.15) is 5.60 Å². The van der Waals surface area contributed by atoms with Gasteiger partial charge in [-0.25, -0.2) is 0 Å². The normalized spacial score (nSPS) is 14.2. The van der Waals surface area contributed by atoms with Gasteiger partial charge in [0.05, 0.1) is 36.8 Å². The van der Waals surface area contributed by atoms with Crippen LogP contribution in [-0.2, 0) is 27.7 Å². The van der Waals surface area contributed by atoms with E-state index in [1.807, 2.05) is 39.0 Å². The molecule has 0 bridgehead atoms. The standard InChI is InChI=1S/C32H33F3N2O3/c1-5-6-14-40-31(3,4)30-28(37-12-15-39-16-13-37)20-25(21-36-30)27-17-23(11-10-22(27)2)18-29(38)24-8-7-9-26(19-24)32(33,34)35/h1,7-11,17,19-21H,6,12-16,18H2,2-4H3. The van der Waals surface area contributed by atoms with E-state index in [4.69, 9.17) is 20.9 Å². The van der Waals surface area contributed by atoms with E-state index in [1.54, 1.807) is 6.20 Å². The third kappa shape index (κ3) is 6.90. The van der Waals surface area contributed by atoms with Crippen molar-refractivity contribution in [1.82, 2.24) is 4.98 Å². The summed E-state index contributed by atoms with van der Waals surface area (Å²) in [4.78, 5) is 20.0. The predicted molar refractivity (Wildman–Crippen MR) is 149 cm³/mol. The van der Waals surface area contributed by atoms with E-state index >= 15 is 0 Å². The van der Waals surface area contributed by atoms with Crippen molar-refractivity contribution < 1.29 is 27.4 Å². The maximum absolute atomic E-state index is 13.1. The van der Waals surface area contributed by atoms with Crippen LogP contribution in [0.2, 0.25) is 0 Å². The van der Waals surface area contributed by atoms with Crippen molar-refractivity contribution in [2.75, 3.05) is 37.8 Å². The van der Waals surface area contributed by atoms with Crippen molar-refractivity contribution in [1.29, 1.82) is 0 Å². The molecule has 8 heteroatoms. The smallest absolute Gasteiger partial charge is 0.378 e. The summed E-state index contributed by atoms with van der Waals surface area (Å²) in [5.74, 6) is 2.22. The first kappa shape index (κ1) is 29.3. The van der Waals surface area contributed by atoms with Crippen LogP contribution in [0.5, 0.6) is 0 Å². The lowest BCUT2D eigenvalue weighted by Crippen LogP contribution is -2.38. The molecule has 1 aliphatic rings. The average Bonchev–Trinajstić information content (AvgIpc) is 2.94. The number of terminal acetylenes is 1. The fourth-order valence-corrected chi connectivity index (χ4v) is 4.79. The molecule has 0 amide bonds. The highest BCUT2D eigenvalue weighted by Crippen LogP contribution is 2.36. The maximum Gasteiger partial charge on any atom is 0.416 e. The van der Waals surface area contributed by atoms with Crippen LogP contribution in [0.15, 0.2) is 54.7 Å². The Bertz CT molecular complexity index is 1400. The fraction of sp³-hybridized carbons (Fsp3) is 0.375. The number of carbonyl (C=O) groups is 1. The Hall–Kier alpha value is -3.67. The summed E-state index contributed by atoms with van der Waals surface area (Å²) >= 11 is 0. The quantitative estimate of drug-likeness (QED) is 0.170. The number of halogens is 3. The van der Waals surface area contributed by atoms with Gasteiger partial charge < -0.3 is 14.4 Å². The Balaban J connectivity index is 1.67. The molecule has 1 aliphatic heterocycles. The summed E-state index contributed by atoms with van der Waals surface area (Å²) < 4.78 is 51.1. The largest absolute Gasteiger partial charge is 0.416 e. The number of ether oxygens (including phenoxy) is 2. The number of nitrogens with zero attached hydrogens (tertiary/aromatic N) is 2. The molecular weight excluding hydrogens is 517 g/mol. The van der Waals surface area contributed by atoms with E-state index in [2.05, 4.69) is 16.9 Å². The number of Topliss-reactive ketones (excluding diaryl/α,β-unsaturated/α-hetero) is 1. The van der Waals surface area contributed by atoms with E-state index in [0.717, 1.165) is 40.2 Å². The molecule has 0 unspecified atom stereocenters. The molecule has 4 rings (SSSR count). The predicted octanol–water partition coefficient (Wildman–Crippen LogP) is 6.61. The van der Waals surface area contributed by atoms with Crippen molar-refractivity contribution in [2.45, 2.75) is 45.4 Å². The van der Waals surface area contributed by atoms with Gasteiger partial charge >= 0.3 is 6.18 Å². The number of rotatable bonds is 9. The number of anilines is 1. The Labute approximate surface area is 233 Å². The number of aromatic nitrogens is 1. The molecule has 0 spiro atoms. The highest BCUT2D eigenvalue weighted by Gasteiger charge is 2.31. The lowest BCUT2D eigenvalue weighted by molar-refractivity contribution is -0.137. The zero-order chi connectivity index (χ0) is 28.9. The number of benzene rings is 2. The molecule has 0 aliphatic carbocycles. The van der Waals surface area contributed by atoms with Gasteiger partial charge in [0, 0.05) is 43.3 Å². The number of pyridine rings is 1. The molecule has 0 N–H and O–H groups in total. The van der Waals surface area contributed by atoms with Crippen LogP contribution in [-0.4, -0.2) is 43.7 Å². The maximum atomic E-state index is 13.1. The molecule has 5 nitrogen and oxygen atoms in total. The second-order valence-electron chi connectivity index (χ2n) is 10.3. The molecule has 210 valence electrons. The molecule has 2 heterocycles. The van der Waals surface area contributed by atoms with Crippen LogP contribution < -0.4 is 4.90 Å². The van der Waals surface area contributed by atoms with Crippen molar-refractivity contribution in [3.05, 3.63) is 82.7 Å². The molecule has 2 aromatic carbocycles. The third-order valence-corrected chi connectivity index (χ3v) is 6.99. The lowest BCUT2D eigenvalue weighted by Gasteiger charge is -2.34. The lowest BCUT2D eigenvalue weighted by atomic mass is 9.93. The summed E-state index contributed by atoms with van der Waals surface area (Å²) in [5.41, 5.74) is 3.71. The monoisotopic (exact) mass is 550 g/mol. The van der Waals surface area contributed by atoms with Gasteiger partial charge in [-0.05, 0) is 55.7 Å². The van der Waals surface area contributed by atoms with E-state index in [1.165, 1.54) is 12.1 Å². The first-order chi connectivity index (χ1) is 19.0. The van der Waals surface area contributed by atoms with Crippen molar-refractivity contribution in [3.63, 3.8) is 0 Å². The first-order valence-corrected chi connectivity index (χ1v) is 13.2. The number of hydrogen-bond donors (Lipinski definition) is 0. The highest BCUT2D eigenvalue weighted by atomic mass is 19.4. The van der Waals surface area contributed by atoms with Gasteiger partial charge in [0.25, 0.3) is 0 Å². The molecule has 0 saturated carbocycles. The van der Waals surface area contributed by atoms with Crippen molar-refractivity contribution in [2.24, 2.45) is 0 Å². The second kappa shape index (κ2) is 12.2. The van der Waals surface area contributed by atoms with E-state index in [-0.39, 0.29) is 17.8 Å². The first-order valence-electron chi connectivity index (χ1n) is 13.2. The van der Waals surface area contributed by atoms with Gasteiger partial charge in [-0.1, -0.05) is 30.3 Å². The van der Waals surface area contributed by atoms with Gasteiger partial charge in [-0.3, -0.25) is 9.78 Å². The second-order valence-corrected chi connectivity index (χ2v) is 10.3. The number of hydrogen-bond acceptors (Lipinski definition) is 5. The third-order valence-electron chi connectivity index (χ3n) is 6.99. The number of carbonyl (C=O) groups excluding carboxylic acids is 1. The van der Waals surface area contributed by atoms with E-state index in [0.29, 0.717) is 44.9 Å². The van der Waals surface area contributed by atoms with Gasteiger partial charge in [0.2, 0.25) is 0 Å². The number of aryl methyl sites for hydroxylation is 1. The molecule has 40 heavy (non-hydrogen) atoms. The molecule has 1 saturated heterocycles. The average molecular weight is 551 g/mol. The SMILES string of the molecule is C#CCCOC(C)(C)c1ncc(-c2cc(CC(=O)c3cccc(C(F)(F)F)c3)ccc2C)cc1N1CCOCC1. The van der Waals surface area contributed by atoms with Crippen molar-refractivity contribution >= 4 is 11.5 Å². The molecule has 1 aromatic heterocycles. The van der Waals surface area contributed by atoms with E-state index in [9.17, 15) is 18.0 Å². The van der Waals surface area contributed by atoms with Crippen LogP contribution in [0.1, 0.15) is 53.0 Å². The van der Waals surface area contributed by atoms with Crippen LogP contribution >= 0.6 is 0 Å². The Morgan fingerprint density at radius 3 is 2.58 bits per heavy atom. The minimum atomic E-state index is -4.51. The molecule has 3 aromatic rings. The van der Waals surface area contributed by atoms with Crippen LogP contribution in [0, 0.1) is 19.3 Å². The Morgan fingerprint density at radius 2 is 1.88 bits per heavy atom. The highest BCUT2D eigenvalue weighted by molar-refractivity contribution is 5.97. The van der Waals surface area contributed by atoms with Gasteiger partial charge in [0.15, 0.2) is 5.78 Å². The van der Waals surface area contributed by atoms with Crippen LogP contribution in [0.4, 0.5) is 18.9 Å². The molecule has 0 radical (unpaired) electrons. The Morgan fingerprint density at radius 1 is 1.12 bits per heavy atom. The van der Waals surface area contributed by atoms with E-state index < -0.39 is 17.3 Å². The summed E-state index contributed by atoms with van der Waals surface area (Å²) in [6, 6.07) is 12.3. The van der Waals surface area contributed by atoms with Gasteiger partial charge in [-0.15, -0.1) is 12.3 Å². The minimum Gasteiger partial charge on any atom is -0.378 e. The Kier molecular flexibility index (Phi) is 8.97. The molecular formula is C32H33F3N2O3. The molecule has 0 atom stereocenters. The summed E-state index contributed by atoms with van der Waals surface area (Å²) in [6.07, 6.45) is 3.17. The van der Waals surface area contributed by atoms with Crippen LogP contribution in [0.3, 0.4) is 0 Å². The minimum absolute atomic E-state index is 0.0214.